The van der Waals surface area contributed by atoms with Crippen LogP contribution >= 0.6 is 0 Å². The maximum atomic E-state index is 13.0. The maximum absolute atomic E-state index is 13.0. The highest BCUT2D eigenvalue weighted by molar-refractivity contribution is 5.81. The molecular weight excluding hydrogens is 312 g/mol. The molecule has 1 aliphatic heterocycles. The first-order valence-electron chi connectivity index (χ1n) is 9.69. The molecule has 1 aromatic rings. The highest BCUT2D eigenvalue weighted by atomic mass is 16.2. The lowest BCUT2D eigenvalue weighted by molar-refractivity contribution is -0.145. The highest BCUT2D eigenvalue weighted by Crippen LogP contribution is 2.30. The van der Waals surface area contributed by atoms with E-state index in [0.29, 0.717) is 12.5 Å². The van der Waals surface area contributed by atoms with E-state index < -0.39 is 0 Å². The van der Waals surface area contributed by atoms with Crippen LogP contribution in [-0.2, 0) is 16.1 Å². The van der Waals surface area contributed by atoms with E-state index in [-0.39, 0.29) is 23.8 Å². The molecule has 0 radical (unpaired) electrons. The molecule has 0 unspecified atom stereocenters. The zero-order valence-electron chi connectivity index (χ0n) is 15.5. The van der Waals surface area contributed by atoms with E-state index >= 15 is 0 Å². The van der Waals surface area contributed by atoms with Crippen molar-refractivity contribution >= 4 is 11.8 Å². The average Bonchev–Trinajstić information content (AvgIpc) is 2.58. The minimum absolute atomic E-state index is 0.0524. The summed E-state index contributed by atoms with van der Waals surface area (Å²) >= 11 is 0. The zero-order chi connectivity index (χ0) is 17.8. The first-order chi connectivity index (χ1) is 12.1. The van der Waals surface area contributed by atoms with Crippen molar-refractivity contribution < 1.29 is 9.59 Å². The number of hydrogen-bond donors (Lipinski definition) is 0. The van der Waals surface area contributed by atoms with Gasteiger partial charge >= 0.3 is 0 Å². The van der Waals surface area contributed by atoms with Crippen LogP contribution in [0.15, 0.2) is 30.3 Å². The molecule has 1 saturated carbocycles. The number of carbonyl (C=O) groups is 2. The van der Waals surface area contributed by atoms with Gasteiger partial charge < -0.3 is 9.80 Å². The molecule has 0 atom stereocenters. The molecule has 0 aromatic heterocycles. The number of benzene rings is 1. The Balaban J connectivity index is 1.57. The number of likely N-dealkylation sites (tertiary alicyclic amines) is 1. The van der Waals surface area contributed by atoms with Crippen LogP contribution in [0.5, 0.6) is 0 Å². The number of amides is 2. The Bertz CT molecular complexity index is 587. The third-order valence-corrected chi connectivity index (χ3v) is 5.71. The molecule has 1 heterocycles. The van der Waals surface area contributed by atoms with E-state index in [1.807, 2.05) is 28.0 Å². The van der Waals surface area contributed by atoms with Crippen molar-refractivity contribution in [1.82, 2.24) is 9.80 Å². The maximum Gasteiger partial charge on any atom is 0.226 e. The smallest absolute Gasteiger partial charge is 0.226 e. The van der Waals surface area contributed by atoms with E-state index in [9.17, 15) is 9.59 Å². The summed E-state index contributed by atoms with van der Waals surface area (Å²) in [6, 6.07) is 10.4. The highest BCUT2D eigenvalue weighted by Gasteiger charge is 2.34. The fourth-order valence-electron chi connectivity index (χ4n) is 3.79. The summed E-state index contributed by atoms with van der Waals surface area (Å²) < 4.78 is 0. The molecule has 1 aliphatic carbocycles. The second-order valence-corrected chi connectivity index (χ2v) is 7.77. The number of carbonyl (C=O) groups excluding carboxylic acids is 2. The molecule has 136 valence electrons. The van der Waals surface area contributed by atoms with Crippen molar-refractivity contribution in [3.05, 3.63) is 35.9 Å². The molecule has 2 fully saturated rings. The van der Waals surface area contributed by atoms with E-state index in [4.69, 9.17) is 0 Å². The van der Waals surface area contributed by atoms with Crippen molar-refractivity contribution in [2.24, 2.45) is 11.8 Å². The Labute approximate surface area is 151 Å². The lowest BCUT2D eigenvalue weighted by atomic mass is 9.83. The van der Waals surface area contributed by atoms with Crippen LogP contribution in [0.1, 0.15) is 51.5 Å². The van der Waals surface area contributed by atoms with Crippen LogP contribution in [0.3, 0.4) is 0 Å². The summed E-state index contributed by atoms with van der Waals surface area (Å²) in [5.74, 6) is 0.880. The van der Waals surface area contributed by atoms with Crippen LogP contribution in [0, 0.1) is 11.8 Å². The van der Waals surface area contributed by atoms with Gasteiger partial charge in [-0.1, -0.05) is 36.8 Å². The van der Waals surface area contributed by atoms with Gasteiger partial charge in [0.25, 0.3) is 0 Å². The van der Waals surface area contributed by atoms with E-state index in [1.165, 1.54) is 12.0 Å². The van der Waals surface area contributed by atoms with Crippen LogP contribution < -0.4 is 0 Å². The first kappa shape index (κ1) is 18.0. The van der Waals surface area contributed by atoms with Gasteiger partial charge in [0.05, 0.1) is 0 Å². The fraction of sp³-hybridized carbons (Fsp3) is 0.619. The monoisotopic (exact) mass is 342 g/mol. The largest absolute Gasteiger partial charge is 0.342 e. The molecule has 0 spiro atoms. The normalized spacial score (nSPS) is 18.9. The molecule has 0 bridgehead atoms. The summed E-state index contributed by atoms with van der Waals surface area (Å²) in [5, 5.41) is 0. The second-order valence-electron chi connectivity index (χ2n) is 7.77. The first-order valence-corrected chi connectivity index (χ1v) is 9.69. The quantitative estimate of drug-likeness (QED) is 0.822. The van der Waals surface area contributed by atoms with E-state index in [0.717, 1.165) is 38.8 Å². The van der Waals surface area contributed by atoms with Crippen LogP contribution in [-0.4, -0.2) is 40.7 Å². The van der Waals surface area contributed by atoms with E-state index in [2.05, 4.69) is 26.0 Å². The van der Waals surface area contributed by atoms with Gasteiger partial charge in [-0.25, -0.2) is 0 Å². The Kier molecular flexibility index (Phi) is 5.77. The molecule has 4 nitrogen and oxygen atoms in total. The molecular formula is C21H30N2O2. The van der Waals surface area contributed by atoms with Gasteiger partial charge in [-0.15, -0.1) is 0 Å². The Morgan fingerprint density at radius 1 is 1.04 bits per heavy atom. The van der Waals surface area contributed by atoms with Crippen molar-refractivity contribution in [2.45, 2.75) is 58.5 Å². The summed E-state index contributed by atoms with van der Waals surface area (Å²) in [5.41, 5.74) is 1.17. The molecule has 1 aromatic carbocycles. The molecule has 4 heteroatoms. The predicted octanol–water partition coefficient (Wildman–Crippen LogP) is 3.46. The standard InChI is InChI=1S/C21H30N2O2/c1-16(2)23(15-17-7-4-3-5-8-17)21(25)19-11-13-22(14-12-19)20(24)18-9-6-10-18/h3-5,7-8,16,18-19H,6,9-15H2,1-2H3. The van der Waals surface area contributed by atoms with Crippen LogP contribution in [0.2, 0.25) is 0 Å². The molecule has 3 rings (SSSR count). The van der Waals surface area contributed by atoms with E-state index in [1.54, 1.807) is 0 Å². The Hall–Kier alpha value is -1.84. The molecule has 1 saturated heterocycles. The number of piperidine rings is 1. The van der Waals surface area contributed by atoms with Gasteiger partial charge in [0, 0.05) is 37.5 Å². The van der Waals surface area contributed by atoms with Gasteiger partial charge in [0.1, 0.15) is 0 Å². The van der Waals surface area contributed by atoms with Gasteiger partial charge in [0.2, 0.25) is 11.8 Å². The molecule has 2 amide bonds. The van der Waals surface area contributed by atoms with Crippen molar-refractivity contribution in [3.8, 4) is 0 Å². The van der Waals surface area contributed by atoms with Gasteiger partial charge in [0.15, 0.2) is 0 Å². The lowest BCUT2D eigenvalue weighted by Gasteiger charge is -2.38. The Morgan fingerprint density at radius 2 is 1.68 bits per heavy atom. The van der Waals surface area contributed by atoms with Crippen molar-refractivity contribution in [2.75, 3.05) is 13.1 Å². The fourth-order valence-corrected chi connectivity index (χ4v) is 3.79. The average molecular weight is 342 g/mol. The summed E-state index contributed by atoms with van der Waals surface area (Å²) in [6.45, 7) is 6.30. The summed E-state index contributed by atoms with van der Waals surface area (Å²) in [6.07, 6.45) is 4.89. The number of hydrogen-bond acceptors (Lipinski definition) is 2. The minimum Gasteiger partial charge on any atom is -0.342 e. The minimum atomic E-state index is 0.0524. The number of rotatable bonds is 5. The zero-order valence-corrected chi connectivity index (χ0v) is 15.5. The van der Waals surface area contributed by atoms with Gasteiger partial charge in [-0.2, -0.15) is 0 Å². The van der Waals surface area contributed by atoms with Gasteiger partial charge in [-0.05, 0) is 45.1 Å². The molecule has 0 N–H and O–H groups in total. The van der Waals surface area contributed by atoms with Crippen LogP contribution in [0.4, 0.5) is 0 Å². The SMILES string of the molecule is CC(C)N(Cc1ccccc1)C(=O)C1CCN(C(=O)C2CCC2)CC1. The van der Waals surface area contributed by atoms with Crippen LogP contribution in [0.25, 0.3) is 0 Å². The third-order valence-electron chi connectivity index (χ3n) is 5.71. The van der Waals surface area contributed by atoms with Crippen molar-refractivity contribution in [1.29, 1.82) is 0 Å². The molecule has 25 heavy (non-hydrogen) atoms. The van der Waals surface area contributed by atoms with Crippen molar-refractivity contribution in [3.63, 3.8) is 0 Å². The second kappa shape index (κ2) is 8.03. The number of nitrogens with zero attached hydrogens (tertiary/aromatic N) is 2. The van der Waals surface area contributed by atoms with Gasteiger partial charge in [-0.3, -0.25) is 9.59 Å². The molecule has 2 aliphatic rings. The third kappa shape index (κ3) is 4.23. The summed E-state index contributed by atoms with van der Waals surface area (Å²) in [4.78, 5) is 29.4. The summed E-state index contributed by atoms with van der Waals surface area (Å²) in [7, 11) is 0. The lowest BCUT2D eigenvalue weighted by Crippen LogP contribution is -2.48. The Morgan fingerprint density at radius 3 is 2.20 bits per heavy atom. The predicted molar refractivity (Wildman–Crippen MR) is 98.8 cm³/mol. The topological polar surface area (TPSA) is 40.6 Å².